The molecule has 7 heteroatoms. The monoisotopic (exact) mass is 403 g/mol. The summed E-state index contributed by atoms with van der Waals surface area (Å²) >= 11 is 3.38. The summed E-state index contributed by atoms with van der Waals surface area (Å²) in [5.74, 6) is 0.0875. The molecule has 1 fully saturated rings. The van der Waals surface area contributed by atoms with Gasteiger partial charge in [0.25, 0.3) is 5.69 Å². The van der Waals surface area contributed by atoms with Gasteiger partial charge in [0.05, 0.1) is 11.3 Å². The maximum absolute atomic E-state index is 12.5. The largest absolute Gasteiger partial charge is 0.362 e. The first-order chi connectivity index (χ1) is 12.0. The third-order valence-electron chi connectivity index (χ3n) is 4.32. The smallest absolute Gasteiger partial charge is 0.292 e. The maximum Gasteiger partial charge on any atom is 0.292 e. The summed E-state index contributed by atoms with van der Waals surface area (Å²) in [6.45, 7) is 2.33. The fraction of sp³-hybridized carbons (Fsp3) is 0.278. The third-order valence-corrected chi connectivity index (χ3v) is 4.85. The molecule has 0 saturated carbocycles. The Bertz CT molecular complexity index is 771. The van der Waals surface area contributed by atoms with Crippen molar-refractivity contribution in [1.82, 2.24) is 4.90 Å². The van der Waals surface area contributed by atoms with Crippen molar-refractivity contribution in [2.24, 2.45) is 0 Å². The van der Waals surface area contributed by atoms with Gasteiger partial charge in [-0.25, -0.2) is 0 Å². The van der Waals surface area contributed by atoms with E-state index in [9.17, 15) is 14.9 Å². The fourth-order valence-electron chi connectivity index (χ4n) is 2.97. The molecule has 1 saturated heterocycles. The summed E-state index contributed by atoms with van der Waals surface area (Å²) in [7, 11) is 0. The molecule has 0 aromatic heterocycles. The van der Waals surface area contributed by atoms with Crippen molar-refractivity contribution < 1.29 is 9.72 Å². The normalized spacial score (nSPS) is 14.4. The van der Waals surface area contributed by atoms with Gasteiger partial charge in [-0.2, -0.15) is 0 Å². The molecule has 3 rings (SSSR count). The van der Waals surface area contributed by atoms with E-state index in [1.165, 1.54) is 6.07 Å². The molecule has 0 atom stereocenters. The summed E-state index contributed by atoms with van der Waals surface area (Å²) < 4.78 is 0.988. The molecule has 6 nitrogen and oxygen atoms in total. The molecule has 0 N–H and O–H groups in total. The topological polar surface area (TPSA) is 66.7 Å². The van der Waals surface area contributed by atoms with E-state index in [0.717, 1.165) is 10.0 Å². The van der Waals surface area contributed by atoms with Gasteiger partial charge in [0.1, 0.15) is 5.69 Å². The second kappa shape index (κ2) is 7.65. The van der Waals surface area contributed by atoms with Gasteiger partial charge in [-0.1, -0.05) is 40.2 Å². The summed E-state index contributed by atoms with van der Waals surface area (Å²) in [6.07, 6.45) is 0.374. The first-order valence-corrected chi connectivity index (χ1v) is 8.84. The lowest BCUT2D eigenvalue weighted by atomic mass is 10.1. The van der Waals surface area contributed by atoms with Gasteiger partial charge in [-0.05, 0) is 23.8 Å². The van der Waals surface area contributed by atoms with E-state index in [0.29, 0.717) is 38.3 Å². The predicted octanol–water partition coefficient (Wildman–Crippen LogP) is 3.25. The SMILES string of the molecule is O=C(Cc1ccc(Br)cc1)N1CCN(c2ccccc2[N+](=O)[O-])CC1. The van der Waals surface area contributed by atoms with Crippen LogP contribution in [-0.2, 0) is 11.2 Å². The van der Waals surface area contributed by atoms with Crippen LogP contribution in [0.15, 0.2) is 53.0 Å². The van der Waals surface area contributed by atoms with Crippen LogP contribution in [0, 0.1) is 10.1 Å². The first kappa shape index (κ1) is 17.4. The highest BCUT2D eigenvalue weighted by atomic mass is 79.9. The van der Waals surface area contributed by atoms with Crippen LogP contribution in [0.1, 0.15) is 5.56 Å². The van der Waals surface area contributed by atoms with E-state index in [2.05, 4.69) is 15.9 Å². The van der Waals surface area contributed by atoms with Gasteiger partial charge in [-0.3, -0.25) is 14.9 Å². The Kier molecular flexibility index (Phi) is 5.33. The van der Waals surface area contributed by atoms with Crippen LogP contribution in [0.3, 0.4) is 0 Å². The molecular formula is C18H18BrN3O3. The number of carbonyl (C=O) groups is 1. The van der Waals surface area contributed by atoms with E-state index in [1.54, 1.807) is 18.2 Å². The number of rotatable bonds is 4. The lowest BCUT2D eigenvalue weighted by Gasteiger charge is -2.35. The van der Waals surface area contributed by atoms with Crippen LogP contribution < -0.4 is 4.90 Å². The second-order valence-electron chi connectivity index (χ2n) is 5.92. The van der Waals surface area contributed by atoms with Crippen molar-refractivity contribution in [3.8, 4) is 0 Å². The first-order valence-electron chi connectivity index (χ1n) is 8.05. The van der Waals surface area contributed by atoms with Crippen molar-refractivity contribution >= 4 is 33.2 Å². The molecule has 130 valence electrons. The van der Waals surface area contributed by atoms with Crippen molar-refractivity contribution in [3.63, 3.8) is 0 Å². The number of para-hydroxylation sites is 2. The lowest BCUT2D eigenvalue weighted by Crippen LogP contribution is -2.49. The Hall–Kier alpha value is -2.41. The maximum atomic E-state index is 12.5. The number of hydrogen-bond acceptors (Lipinski definition) is 4. The molecule has 1 amide bonds. The molecule has 1 heterocycles. The van der Waals surface area contributed by atoms with Crippen LogP contribution in [0.2, 0.25) is 0 Å². The number of nitrogens with zero attached hydrogens (tertiary/aromatic N) is 3. The minimum atomic E-state index is -0.361. The van der Waals surface area contributed by atoms with Crippen molar-refractivity contribution in [1.29, 1.82) is 0 Å². The number of benzene rings is 2. The van der Waals surface area contributed by atoms with Crippen LogP contribution in [0.4, 0.5) is 11.4 Å². The number of hydrogen-bond donors (Lipinski definition) is 0. The Morgan fingerprint density at radius 3 is 2.32 bits per heavy atom. The van der Waals surface area contributed by atoms with Gasteiger partial charge in [0.15, 0.2) is 0 Å². The van der Waals surface area contributed by atoms with E-state index >= 15 is 0 Å². The molecule has 1 aliphatic rings. The zero-order valence-corrected chi connectivity index (χ0v) is 15.2. The molecule has 0 bridgehead atoms. The highest BCUT2D eigenvalue weighted by Gasteiger charge is 2.25. The molecular weight excluding hydrogens is 386 g/mol. The Balaban J connectivity index is 1.61. The van der Waals surface area contributed by atoms with Crippen molar-refractivity contribution in [2.75, 3.05) is 31.1 Å². The van der Waals surface area contributed by atoms with Gasteiger partial charge >= 0.3 is 0 Å². The summed E-state index contributed by atoms with van der Waals surface area (Å²) in [6, 6.07) is 14.5. The lowest BCUT2D eigenvalue weighted by molar-refractivity contribution is -0.384. The van der Waals surface area contributed by atoms with E-state index in [4.69, 9.17) is 0 Å². The number of piperazine rings is 1. The van der Waals surface area contributed by atoms with Gasteiger partial charge in [0, 0.05) is 36.7 Å². The van der Waals surface area contributed by atoms with E-state index in [-0.39, 0.29) is 16.5 Å². The minimum absolute atomic E-state index is 0.0875. The highest BCUT2D eigenvalue weighted by Crippen LogP contribution is 2.28. The summed E-state index contributed by atoms with van der Waals surface area (Å²) in [5, 5.41) is 11.2. The average Bonchev–Trinajstić information content (AvgIpc) is 2.63. The predicted molar refractivity (Wildman–Crippen MR) is 99.7 cm³/mol. The zero-order valence-electron chi connectivity index (χ0n) is 13.6. The number of nitro benzene ring substituents is 1. The van der Waals surface area contributed by atoms with Gasteiger partial charge in [-0.15, -0.1) is 0 Å². The third kappa shape index (κ3) is 4.17. The summed E-state index contributed by atoms with van der Waals surface area (Å²) in [5.41, 5.74) is 1.71. The van der Waals surface area contributed by atoms with Crippen molar-refractivity contribution in [2.45, 2.75) is 6.42 Å². The Labute approximate surface area is 154 Å². The summed E-state index contributed by atoms with van der Waals surface area (Å²) in [4.78, 5) is 27.1. The number of amides is 1. The Morgan fingerprint density at radius 2 is 1.68 bits per heavy atom. The van der Waals surface area contributed by atoms with Gasteiger partial charge in [0.2, 0.25) is 5.91 Å². The minimum Gasteiger partial charge on any atom is -0.362 e. The zero-order chi connectivity index (χ0) is 17.8. The van der Waals surface area contributed by atoms with Crippen LogP contribution >= 0.6 is 15.9 Å². The molecule has 0 aliphatic carbocycles. The molecule has 0 spiro atoms. The van der Waals surface area contributed by atoms with Crippen LogP contribution in [0.5, 0.6) is 0 Å². The van der Waals surface area contributed by atoms with Crippen LogP contribution in [-0.4, -0.2) is 41.9 Å². The molecule has 0 unspecified atom stereocenters. The number of anilines is 1. The van der Waals surface area contributed by atoms with E-state index in [1.807, 2.05) is 34.1 Å². The standard InChI is InChI=1S/C18H18BrN3O3/c19-15-7-5-14(6-8-15)13-18(23)21-11-9-20(10-12-21)16-3-1-2-4-17(16)22(24)25/h1-8H,9-13H2. The van der Waals surface area contributed by atoms with Crippen molar-refractivity contribution in [3.05, 3.63) is 68.7 Å². The number of carbonyl (C=O) groups excluding carboxylic acids is 1. The highest BCUT2D eigenvalue weighted by molar-refractivity contribution is 9.10. The molecule has 1 aliphatic heterocycles. The number of nitro groups is 1. The van der Waals surface area contributed by atoms with E-state index < -0.39 is 0 Å². The van der Waals surface area contributed by atoms with Gasteiger partial charge < -0.3 is 9.80 Å². The molecule has 0 radical (unpaired) electrons. The molecule has 2 aromatic rings. The number of halogens is 1. The average molecular weight is 404 g/mol. The quantitative estimate of drug-likeness (QED) is 0.580. The van der Waals surface area contributed by atoms with Crippen LogP contribution in [0.25, 0.3) is 0 Å². The molecule has 25 heavy (non-hydrogen) atoms. The molecule has 2 aromatic carbocycles. The fourth-order valence-corrected chi connectivity index (χ4v) is 3.24. The Morgan fingerprint density at radius 1 is 1.04 bits per heavy atom. The second-order valence-corrected chi connectivity index (χ2v) is 6.83.